The molecule has 1 aromatic carbocycles. The molecule has 0 saturated heterocycles. The number of aliphatic hydroxyl groups is 2. The number of hydrogen-bond acceptors (Lipinski definition) is 7. The van der Waals surface area contributed by atoms with Crippen molar-refractivity contribution in [2.24, 2.45) is 17.6 Å². The maximum absolute atomic E-state index is 11.8. The Morgan fingerprint density at radius 2 is 1.88 bits per heavy atom. The van der Waals surface area contributed by atoms with Crippen LogP contribution in [0.15, 0.2) is 18.2 Å². The molecule has 0 saturated carbocycles. The lowest BCUT2D eigenvalue weighted by Gasteiger charge is -2.28. The number of carbonyl (C=O) groups excluding carboxylic acids is 1. The van der Waals surface area contributed by atoms with Gasteiger partial charge in [-0.3, -0.25) is 4.79 Å². The van der Waals surface area contributed by atoms with Crippen molar-refractivity contribution in [1.29, 1.82) is 0 Å². The van der Waals surface area contributed by atoms with Crippen LogP contribution < -0.4 is 20.5 Å². The molecule has 0 fully saturated rings. The van der Waals surface area contributed by atoms with E-state index in [2.05, 4.69) is 19.2 Å². The highest BCUT2D eigenvalue weighted by Gasteiger charge is 2.27. The summed E-state index contributed by atoms with van der Waals surface area (Å²) >= 11 is 0. The van der Waals surface area contributed by atoms with Crippen molar-refractivity contribution in [3.63, 3.8) is 0 Å². The van der Waals surface area contributed by atoms with Gasteiger partial charge in [0.2, 0.25) is 0 Å². The molecular weight excluding hydrogens is 412 g/mol. The van der Waals surface area contributed by atoms with E-state index in [1.807, 2.05) is 18.2 Å². The Labute approximate surface area is 192 Å². The highest BCUT2D eigenvalue weighted by atomic mass is 16.5. The van der Waals surface area contributed by atoms with E-state index in [9.17, 15) is 15.0 Å². The SMILES string of the molecule is COCCCOc1cc(CC(CC(N)C(O)CNC(=O)C(C)(C)O)C(C)C)ccc1OC. The number of nitrogens with two attached hydrogens (primary N) is 1. The number of amides is 1. The highest BCUT2D eigenvalue weighted by molar-refractivity contribution is 5.83. The largest absolute Gasteiger partial charge is 0.493 e. The van der Waals surface area contributed by atoms with Crippen LogP contribution in [0.4, 0.5) is 0 Å². The van der Waals surface area contributed by atoms with Gasteiger partial charge in [0, 0.05) is 32.7 Å². The number of nitrogens with one attached hydrogen (secondary N) is 1. The van der Waals surface area contributed by atoms with Gasteiger partial charge in [-0.25, -0.2) is 0 Å². The number of aliphatic hydroxyl groups excluding tert-OH is 1. The third-order valence-corrected chi connectivity index (χ3v) is 5.52. The predicted octanol–water partition coefficient (Wildman–Crippen LogP) is 1.89. The first kappa shape index (κ1) is 28.2. The van der Waals surface area contributed by atoms with E-state index < -0.39 is 23.7 Å². The van der Waals surface area contributed by atoms with Crippen LogP contribution >= 0.6 is 0 Å². The average Bonchev–Trinajstić information content (AvgIpc) is 2.73. The molecule has 8 heteroatoms. The molecule has 3 atom stereocenters. The van der Waals surface area contributed by atoms with Crippen LogP contribution in [0.1, 0.15) is 46.1 Å². The van der Waals surface area contributed by atoms with Crippen LogP contribution in [0.3, 0.4) is 0 Å². The number of rotatable bonds is 15. The van der Waals surface area contributed by atoms with Crippen molar-refractivity contribution < 1.29 is 29.2 Å². The maximum Gasteiger partial charge on any atom is 0.251 e. The summed E-state index contributed by atoms with van der Waals surface area (Å²) in [6, 6.07) is 5.40. The monoisotopic (exact) mass is 454 g/mol. The van der Waals surface area contributed by atoms with Crippen molar-refractivity contribution >= 4 is 5.91 Å². The van der Waals surface area contributed by atoms with Crippen LogP contribution in [-0.2, 0) is 16.0 Å². The minimum atomic E-state index is -1.50. The van der Waals surface area contributed by atoms with Gasteiger partial charge in [0.25, 0.3) is 5.91 Å². The van der Waals surface area contributed by atoms with Gasteiger partial charge in [0.15, 0.2) is 11.5 Å². The van der Waals surface area contributed by atoms with E-state index in [1.54, 1.807) is 14.2 Å². The number of ether oxygens (including phenoxy) is 3. The topological polar surface area (TPSA) is 123 Å². The van der Waals surface area contributed by atoms with Gasteiger partial charge >= 0.3 is 0 Å². The average molecular weight is 455 g/mol. The van der Waals surface area contributed by atoms with Crippen LogP contribution in [-0.4, -0.2) is 67.8 Å². The van der Waals surface area contributed by atoms with E-state index in [0.717, 1.165) is 18.4 Å². The molecule has 1 aromatic rings. The fourth-order valence-corrected chi connectivity index (χ4v) is 3.31. The summed E-state index contributed by atoms with van der Waals surface area (Å²) in [6.07, 6.45) is 1.24. The number of methoxy groups -OCH3 is 2. The minimum absolute atomic E-state index is 0.00317. The summed E-state index contributed by atoms with van der Waals surface area (Å²) in [5.41, 5.74) is 5.86. The molecule has 0 aliphatic rings. The molecule has 0 aliphatic carbocycles. The Balaban J connectivity index is 2.76. The van der Waals surface area contributed by atoms with Crippen molar-refractivity contribution in [2.75, 3.05) is 34.0 Å². The van der Waals surface area contributed by atoms with Crippen molar-refractivity contribution in [1.82, 2.24) is 5.32 Å². The fraction of sp³-hybridized carbons (Fsp3) is 0.708. The van der Waals surface area contributed by atoms with Crippen LogP contribution in [0, 0.1) is 11.8 Å². The fourth-order valence-electron chi connectivity index (χ4n) is 3.31. The summed E-state index contributed by atoms with van der Waals surface area (Å²) in [7, 11) is 3.28. The molecule has 32 heavy (non-hydrogen) atoms. The molecule has 5 N–H and O–H groups in total. The Morgan fingerprint density at radius 1 is 1.19 bits per heavy atom. The molecule has 184 valence electrons. The van der Waals surface area contributed by atoms with Gasteiger partial charge in [0.1, 0.15) is 5.60 Å². The Hall–Kier alpha value is -1.87. The molecule has 0 radical (unpaired) electrons. The van der Waals surface area contributed by atoms with E-state index in [0.29, 0.717) is 37.1 Å². The first-order valence-electron chi connectivity index (χ1n) is 11.2. The van der Waals surface area contributed by atoms with E-state index in [-0.39, 0.29) is 12.5 Å². The number of carbonyl (C=O) groups is 1. The van der Waals surface area contributed by atoms with Gasteiger partial charge in [-0.2, -0.15) is 0 Å². The molecule has 8 nitrogen and oxygen atoms in total. The summed E-state index contributed by atoms with van der Waals surface area (Å²) in [5, 5.41) is 22.7. The van der Waals surface area contributed by atoms with Crippen LogP contribution in [0.25, 0.3) is 0 Å². The van der Waals surface area contributed by atoms with Crippen molar-refractivity contribution in [3.8, 4) is 11.5 Å². The normalized spacial score (nSPS) is 14.7. The van der Waals surface area contributed by atoms with Gasteiger partial charge < -0.3 is 35.5 Å². The van der Waals surface area contributed by atoms with E-state index >= 15 is 0 Å². The second kappa shape index (κ2) is 13.6. The summed E-state index contributed by atoms with van der Waals surface area (Å²) in [6.45, 7) is 8.22. The molecule has 0 bridgehead atoms. The van der Waals surface area contributed by atoms with E-state index in [4.69, 9.17) is 19.9 Å². The number of hydrogen-bond donors (Lipinski definition) is 4. The zero-order chi connectivity index (χ0) is 24.3. The first-order valence-corrected chi connectivity index (χ1v) is 11.2. The standard InChI is InChI=1S/C24H42N2O6/c1-16(2)18(14-19(25)20(27)15-26-23(28)24(3,4)29)12-17-8-9-21(31-6)22(13-17)32-11-7-10-30-5/h8-9,13,16,18-20,27,29H,7,10-12,14-15,25H2,1-6H3,(H,26,28). The van der Waals surface area contributed by atoms with Crippen molar-refractivity contribution in [2.45, 2.75) is 64.7 Å². The maximum atomic E-state index is 11.8. The Morgan fingerprint density at radius 3 is 2.44 bits per heavy atom. The second-order valence-corrected chi connectivity index (χ2v) is 9.12. The molecule has 0 aromatic heterocycles. The lowest BCUT2D eigenvalue weighted by molar-refractivity contribution is -0.136. The van der Waals surface area contributed by atoms with Gasteiger partial charge in [-0.05, 0) is 56.2 Å². The summed E-state index contributed by atoms with van der Waals surface area (Å²) < 4.78 is 16.4. The van der Waals surface area contributed by atoms with Gasteiger partial charge in [0.05, 0.1) is 19.8 Å². The van der Waals surface area contributed by atoms with Crippen LogP contribution in [0.5, 0.6) is 11.5 Å². The minimum Gasteiger partial charge on any atom is -0.493 e. The van der Waals surface area contributed by atoms with Crippen molar-refractivity contribution in [3.05, 3.63) is 23.8 Å². The molecule has 0 spiro atoms. The molecule has 0 heterocycles. The van der Waals surface area contributed by atoms with Gasteiger partial charge in [-0.15, -0.1) is 0 Å². The second-order valence-electron chi connectivity index (χ2n) is 9.12. The van der Waals surface area contributed by atoms with Crippen LogP contribution in [0.2, 0.25) is 0 Å². The lowest BCUT2D eigenvalue weighted by Crippen LogP contribution is -2.49. The smallest absolute Gasteiger partial charge is 0.251 e. The Bertz CT molecular complexity index is 690. The Kier molecular flexibility index (Phi) is 12.0. The first-order chi connectivity index (χ1) is 15.0. The molecule has 1 amide bonds. The zero-order valence-corrected chi connectivity index (χ0v) is 20.4. The predicted molar refractivity (Wildman–Crippen MR) is 125 cm³/mol. The van der Waals surface area contributed by atoms with E-state index in [1.165, 1.54) is 13.8 Å². The molecule has 0 aliphatic heterocycles. The summed E-state index contributed by atoms with van der Waals surface area (Å²) in [4.78, 5) is 11.8. The third-order valence-electron chi connectivity index (χ3n) is 5.52. The third kappa shape index (κ3) is 9.73. The molecule has 3 unspecified atom stereocenters. The zero-order valence-electron chi connectivity index (χ0n) is 20.4. The summed E-state index contributed by atoms with van der Waals surface area (Å²) in [5.74, 6) is 1.40. The number of benzene rings is 1. The molecular formula is C24H42N2O6. The highest BCUT2D eigenvalue weighted by Crippen LogP contribution is 2.31. The van der Waals surface area contributed by atoms with Gasteiger partial charge in [-0.1, -0.05) is 19.9 Å². The molecule has 1 rings (SSSR count). The quantitative estimate of drug-likeness (QED) is 0.298. The lowest BCUT2D eigenvalue weighted by atomic mass is 9.83.